The van der Waals surface area contributed by atoms with Crippen LogP contribution in [0, 0.1) is 0 Å². The number of carbonyl (C=O) groups excluding carboxylic acids is 1. The number of carbonyl (C=O) groups is 1. The Bertz CT molecular complexity index is 577. The summed E-state index contributed by atoms with van der Waals surface area (Å²) in [7, 11) is 0. The lowest BCUT2D eigenvalue weighted by Crippen LogP contribution is -2.25. The Morgan fingerprint density at radius 1 is 1.53 bits per heavy atom. The lowest BCUT2D eigenvalue weighted by Gasteiger charge is -2.03. The average Bonchev–Trinajstić information content (AvgIpc) is 2.95. The summed E-state index contributed by atoms with van der Waals surface area (Å²) in [5.74, 6) is -0.0441. The second-order valence-corrected chi connectivity index (χ2v) is 4.36. The van der Waals surface area contributed by atoms with Crippen LogP contribution in [0.5, 0.6) is 0 Å². The SMILES string of the molecule is CCCCNC(=O)c1c(-c2ccc(Cl)o2)noc1N. The molecule has 2 rings (SSSR count). The predicted octanol–water partition coefficient (Wildman–Crippen LogP) is 2.70. The molecule has 0 aliphatic rings. The van der Waals surface area contributed by atoms with E-state index in [1.165, 1.54) is 0 Å². The molecule has 0 unspecified atom stereocenters. The number of hydrogen-bond acceptors (Lipinski definition) is 5. The summed E-state index contributed by atoms with van der Waals surface area (Å²) in [5, 5.41) is 6.69. The second kappa shape index (κ2) is 5.79. The zero-order valence-electron chi connectivity index (χ0n) is 10.4. The monoisotopic (exact) mass is 283 g/mol. The number of aromatic nitrogens is 1. The first kappa shape index (κ1) is 13.5. The third-order valence-corrected chi connectivity index (χ3v) is 2.77. The van der Waals surface area contributed by atoms with Crippen LogP contribution >= 0.6 is 11.6 Å². The van der Waals surface area contributed by atoms with Crippen LogP contribution in [-0.2, 0) is 0 Å². The Morgan fingerprint density at radius 3 is 2.95 bits per heavy atom. The van der Waals surface area contributed by atoms with Crippen molar-refractivity contribution in [1.82, 2.24) is 10.5 Å². The summed E-state index contributed by atoms with van der Waals surface area (Å²) < 4.78 is 10.1. The molecular formula is C12H14ClN3O3. The fourth-order valence-corrected chi connectivity index (χ4v) is 1.75. The molecule has 1 amide bonds. The van der Waals surface area contributed by atoms with Crippen molar-refractivity contribution in [2.45, 2.75) is 19.8 Å². The van der Waals surface area contributed by atoms with Crippen molar-refractivity contribution < 1.29 is 13.7 Å². The number of nitrogens with one attached hydrogen (secondary N) is 1. The van der Waals surface area contributed by atoms with Gasteiger partial charge in [-0.2, -0.15) is 0 Å². The van der Waals surface area contributed by atoms with Crippen molar-refractivity contribution in [1.29, 1.82) is 0 Å². The van der Waals surface area contributed by atoms with Gasteiger partial charge in [-0.05, 0) is 30.2 Å². The molecule has 0 aliphatic heterocycles. The third-order valence-electron chi connectivity index (χ3n) is 2.57. The zero-order valence-corrected chi connectivity index (χ0v) is 11.2. The number of halogens is 1. The van der Waals surface area contributed by atoms with Crippen LogP contribution in [0.3, 0.4) is 0 Å². The molecule has 0 spiro atoms. The lowest BCUT2D eigenvalue weighted by atomic mass is 10.2. The highest BCUT2D eigenvalue weighted by atomic mass is 35.5. The van der Waals surface area contributed by atoms with Gasteiger partial charge in [0.2, 0.25) is 5.88 Å². The highest BCUT2D eigenvalue weighted by Crippen LogP contribution is 2.29. The van der Waals surface area contributed by atoms with Gasteiger partial charge in [0.15, 0.2) is 16.7 Å². The summed E-state index contributed by atoms with van der Waals surface area (Å²) in [4.78, 5) is 12.0. The van der Waals surface area contributed by atoms with Gasteiger partial charge in [-0.15, -0.1) is 0 Å². The molecule has 2 aromatic heterocycles. The van der Waals surface area contributed by atoms with E-state index in [1.54, 1.807) is 12.1 Å². The number of anilines is 1. The Labute approximate surface area is 114 Å². The van der Waals surface area contributed by atoms with Crippen LogP contribution in [0.4, 0.5) is 5.88 Å². The number of nitrogens with zero attached hydrogens (tertiary/aromatic N) is 1. The first-order chi connectivity index (χ1) is 9.13. The van der Waals surface area contributed by atoms with Gasteiger partial charge in [-0.1, -0.05) is 18.5 Å². The fourth-order valence-electron chi connectivity index (χ4n) is 1.60. The van der Waals surface area contributed by atoms with Gasteiger partial charge in [0, 0.05) is 6.54 Å². The molecule has 7 heteroatoms. The van der Waals surface area contributed by atoms with E-state index in [0.717, 1.165) is 12.8 Å². The molecule has 0 saturated carbocycles. The molecule has 3 N–H and O–H groups in total. The van der Waals surface area contributed by atoms with Crippen LogP contribution < -0.4 is 11.1 Å². The molecule has 0 aromatic carbocycles. The molecule has 0 radical (unpaired) electrons. The normalized spacial score (nSPS) is 10.6. The number of nitrogens with two attached hydrogens (primary N) is 1. The van der Waals surface area contributed by atoms with E-state index < -0.39 is 0 Å². The van der Waals surface area contributed by atoms with E-state index in [9.17, 15) is 4.79 Å². The van der Waals surface area contributed by atoms with Gasteiger partial charge in [0.1, 0.15) is 5.56 Å². The van der Waals surface area contributed by atoms with Crippen molar-refractivity contribution in [2.75, 3.05) is 12.3 Å². The summed E-state index contributed by atoms with van der Waals surface area (Å²) in [5.41, 5.74) is 6.04. The Hall–Kier alpha value is -1.95. The molecule has 0 aliphatic carbocycles. The van der Waals surface area contributed by atoms with E-state index in [4.69, 9.17) is 26.3 Å². The maximum Gasteiger partial charge on any atom is 0.259 e. The van der Waals surface area contributed by atoms with E-state index in [-0.39, 0.29) is 28.3 Å². The maximum absolute atomic E-state index is 12.0. The van der Waals surface area contributed by atoms with Crippen LogP contribution in [0.15, 0.2) is 21.1 Å². The van der Waals surface area contributed by atoms with Crippen molar-refractivity contribution in [3.05, 3.63) is 22.9 Å². The number of rotatable bonds is 5. The Balaban J connectivity index is 2.25. The largest absolute Gasteiger partial charge is 0.443 e. The van der Waals surface area contributed by atoms with Gasteiger partial charge in [0.25, 0.3) is 5.91 Å². The van der Waals surface area contributed by atoms with Crippen LogP contribution in [0.2, 0.25) is 5.22 Å². The quantitative estimate of drug-likeness (QED) is 0.823. The van der Waals surface area contributed by atoms with Crippen molar-refractivity contribution in [2.24, 2.45) is 0 Å². The Morgan fingerprint density at radius 2 is 2.32 bits per heavy atom. The molecule has 6 nitrogen and oxygen atoms in total. The molecule has 102 valence electrons. The zero-order chi connectivity index (χ0) is 13.8. The van der Waals surface area contributed by atoms with Crippen LogP contribution in [-0.4, -0.2) is 17.6 Å². The average molecular weight is 284 g/mol. The number of hydrogen-bond donors (Lipinski definition) is 2. The molecule has 0 saturated heterocycles. The molecule has 2 heterocycles. The van der Waals surface area contributed by atoms with Gasteiger partial charge in [-0.25, -0.2) is 0 Å². The van der Waals surface area contributed by atoms with E-state index in [0.29, 0.717) is 12.3 Å². The topological polar surface area (TPSA) is 94.3 Å². The minimum Gasteiger partial charge on any atom is -0.443 e. The summed E-state index contributed by atoms with van der Waals surface area (Å²) in [6, 6.07) is 3.16. The van der Waals surface area contributed by atoms with E-state index in [1.807, 2.05) is 6.92 Å². The second-order valence-electron chi connectivity index (χ2n) is 3.98. The minimum absolute atomic E-state index is 0.0449. The van der Waals surface area contributed by atoms with Crippen molar-refractivity contribution in [3.8, 4) is 11.5 Å². The number of unbranched alkanes of at least 4 members (excludes halogenated alkanes) is 1. The molecule has 0 fully saturated rings. The molecule has 19 heavy (non-hydrogen) atoms. The number of nitrogen functional groups attached to an aromatic ring is 1. The summed E-state index contributed by atoms with van der Waals surface area (Å²) in [6.45, 7) is 2.61. The molecule has 2 aromatic rings. The van der Waals surface area contributed by atoms with E-state index >= 15 is 0 Å². The molecular weight excluding hydrogens is 270 g/mol. The number of furan rings is 1. The minimum atomic E-state index is -0.338. The van der Waals surface area contributed by atoms with E-state index in [2.05, 4.69) is 10.5 Å². The van der Waals surface area contributed by atoms with Gasteiger partial charge in [0.05, 0.1) is 0 Å². The standard InChI is InChI=1S/C12H14ClN3O3/c1-2-3-6-15-12(17)9-10(16-19-11(9)14)7-4-5-8(13)18-7/h4-5H,2-3,6,14H2,1H3,(H,15,17). The molecule has 0 bridgehead atoms. The molecule has 0 atom stereocenters. The first-order valence-electron chi connectivity index (χ1n) is 5.92. The van der Waals surface area contributed by atoms with Crippen molar-refractivity contribution >= 4 is 23.4 Å². The lowest BCUT2D eigenvalue weighted by molar-refractivity contribution is 0.0954. The Kier molecular flexibility index (Phi) is 4.11. The summed E-state index contributed by atoms with van der Waals surface area (Å²) >= 11 is 5.69. The highest BCUT2D eigenvalue weighted by Gasteiger charge is 2.24. The summed E-state index contributed by atoms with van der Waals surface area (Å²) in [6.07, 6.45) is 1.87. The van der Waals surface area contributed by atoms with Gasteiger partial charge in [-0.3, -0.25) is 4.79 Å². The van der Waals surface area contributed by atoms with Gasteiger partial charge >= 0.3 is 0 Å². The fraction of sp³-hybridized carbons (Fsp3) is 0.333. The third kappa shape index (κ3) is 2.90. The predicted molar refractivity (Wildman–Crippen MR) is 70.9 cm³/mol. The number of amides is 1. The van der Waals surface area contributed by atoms with Crippen LogP contribution in [0.25, 0.3) is 11.5 Å². The first-order valence-corrected chi connectivity index (χ1v) is 6.30. The highest BCUT2D eigenvalue weighted by molar-refractivity contribution is 6.29. The van der Waals surface area contributed by atoms with Crippen LogP contribution in [0.1, 0.15) is 30.1 Å². The van der Waals surface area contributed by atoms with Gasteiger partial charge < -0.3 is 20.0 Å². The van der Waals surface area contributed by atoms with Crippen molar-refractivity contribution in [3.63, 3.8) is 0 Å². The maximum atomic E-state index is 12.0. The smallest absolute Gasteiger partial charge is 0.259 e.